The van der Waals surface area contributed by atoms with E-state index in [0.29, 0.717) is 6.04 Å². The first-order valence-corrected chi connectivity index (χ1v) is 9.82. The van der Waals surface area contributed by atoms with Crippen molar-refractivity contribution in [2.24, 2.45) is 0 Å². The van der Waals surface area contributed by atoms with Crippen molar-refractivity contribution >= 4 is 5.78 Å². The van der Waals surface area contributed by atoms with E-state index in [1.165, 1.54) is 70.6 Å². The van der Waals surface area contributed by atoms with Gasteiger partial charge in [-0.05, 0) is 12.8 Å². The van der Waals surface area contributed by atoms with Gasteiger partial charge >= 0.3 is 0 Å². The second kappa shape index (κ2) is 10.3. The Bertz CT molecular complexity index is 644. The van der Waals surface area contributed by atoms with Gasteiger partial charge in [0, 0.05) is 30.7 Å². The molecular weight excluding hydrogens is 298 g/mol. The molecule has 0 aliphatic heterocycles. The number of hydrogen-bond donors (Lipinski definition) is 0. The van der Waals surface area contributed by atoms with Crippen molar-refractivity contribution < 1.29 is 0 Å². The molecule has 24 heavy (non-hydrogen) atoms. The van der Waals surface area contributed by atoms with Crippen LogP contribution in [0.15, 0.2) is 29.5 Å². The minimum absolute atomic E-state index is 0.00595. The van der Waals surface area contributed by atoms with Crippen LogP contribution in [-0.4, -0.2) is 14.0 Å². The van der Waals surface area contributed by atoms with E-state index in [1.54, 1.807) is 22.9 Å². The third-order valence-corrected chi connectivity index (χ3v) is 4.89. The number of nitrogens with zero attached hydrogens (tertiary/aromatic N) is 3. The predicted molar refractivity (Wildman–Crippen MR) is 101 cm³/mol. The molecule has 0 saturated heterocycles. The van der Waals surface area contributed by atoms with Crippen LogP contribution in [0.3, 0.4) is 0 Å². The first-order chi connectivity index (χ1) is 11.8. The smallest absolute Gasteiger partial charge is 0.258 e. The Hall–Kier alpha value is -1.58. The van der Waals surface area contributed by atoms with Crippen LogP contribution in [0.25, 0.3) is 5.78 Å². The molecule has 0 spiro atoms. The lowest BCUT2D eigenvalue weighted by molar-refractivity contribution is 0.398. The maximum atomic E-state index is 12.0. The fourth-order valence-electron chi connectivity index (χ4n) is 3.45. The minimum atomic E-state index is 0.00595. The molecule has 0 bridgehead atoms. The summed E-state index contributed by atoms with van der Waals surface area (Å²) < 4.78 is 3.89. The molecule has 0 N–H and O–H groups in total. The molecule has 1 atom stereocenters. The van der Waals surface area contributed by atoms with Crippen molar-refractivity contribution in [1.82, 2.24) is 14.0 Å². The van der Waals surface area contributed by atoms with Crippen LogP contribution in [-0.2, 0) is 0 Å². The van der Waals surface area contributed by atoms with E-state index >= 15 is 0 Å². The highest BCUT2D eigenvalue weighted by molar-refractivity contribution is 5.29. The maximum Gasteiger partial charge on any atom is 0.258 e. The summed E-state index contributed by atoms with van der Waals surface area (Å²) in [6, 6.07) is 2.12. The lowest BCUT2D eigenvalue weighted by Gasteiger charge is -2.21. The fraction of sp³-hybridized carbons (Fsp3) is 0.700. The van der Waals surface area contributed by atoms with Gasteiger partial charge in [0.25, 0.3) is 5.56 Å². The number of imidazole rings is 1. The molecule has 134 valence electrons. The predicted octanol–water partition coefficient (Wildman–Crippen LogP) is 5.37. The molecule has 0 saturated carbocycles. The van der Waals surface area contributed by atoms with Crippen molar-refractivity contribution in [3.05, 3.63) is 35.0 Å². The lowest BCUT2D eigenvalue weighted by atomic mass is 10.0. The van der Waals surface area contributed by atoms with E-state index in [9.17, 15) is 4.79 Å². The van der Waals surface area contributed by atoms with Gasteiger partial charge in [-0.3, -0.25) is 9.20 Å². The molecule has 4 heteroatoms. The Morgan fingerprint density at radius 3 is 2.21 bits per heavy atom. The highest BCUT2D eigenvalue weighted by Gasteiger charge is 2.14. The van der Waals surface area contributed by atoms with E-state index in [0.717, 1.165) is 5.78 Å². The van der Waals surface area contributed by atoms with Gasteiger partial charge in [0.1, 0.15) is 0 Å². The number of rotatable bonds is 12. The Morgan fingerprint density at radius 2 is 1.54 bits per heavy atom. The van der Waals surface area contributed by atoms with Gasteiger partial charge in [-0.15, -0.1) is 0 Å². The van der Waals surface area contributed by atoms with Crippen LogP contribution in [0.1, 0.15) is 90.5 Å². The average Bonchev–Trinajstić information content (AvgIpc) is 3.08. The largest absolute Gasteiger partial charge is 0.315 e. The molecular formula is C20H33N3O. The Morgan fingerprint density at radius 1 is 0.917 bits per heavy atom. The summed E-state index contributed by atoms with van der Waals surface area (Å²) in [6.45, 7) is 4.51. The Labute approximate surface area is 145 Å². The summed E-state index contributed by atoms with van der Waals surface area (Å²) >= 11 is 0. The summed E-state index contributed by atoms with van der Waals surface area (Å²) in [5, 5.41) is 0. The monoisotopic (exact) mass is 331 g/mol. The normalized spacial score (nSPS) is 12.8. The van der Waals surface area contributed by atoms with E-state index in [-0.39, 0.29) is 5.56 Å². The van der Waals surface area contributed by atoms with E-state index < -0.39 is 0 Å². The summed E-state index contributed by atoms with van der Waals surface area (Å²) in [6.07, 6.45) is 19.5. The first-order valence-electron chi connectivity index (χ1n) is 9.82. The van der Waals surface area contributed by atoms with Gasteiger partial charge in [0.15, 0.2) is 0 Å². The van der Waals surface area contributed by atoms with Crippen LogP contribution in [0.2, 0.25) is 0 Å². The lowest BCUT2D eigenvalue weighted by Crippen LogP contribution is -2.19. The third-order valence-electron chi connectivity index (χ3n) is 4.89. The molecule has 2 heterocycles. The van der Waals surface area contributed by atoms with E-state index in [4.69, 9.17) is 0 Å². The molecule has 2 aromatic rings. The molecule has 1 unspecified atom stereocenters. The summed E-state index contributed by atoms with van der Waals surface area (Å²) in [7, 11) is 0. The molecule has 2 aromatic heterocycles. The van der Waals surface area contributed by atoms with Crippen LogP contribution >= 0.6 is 0 Å². The molecule has 0 amide bonds. The highest BCUT2D eigenvalue weighted by atomic mass is 16.1. The van der Waals surface area contributed by atoms with Crippen molar-refractivity contribution in [3.63, 3.8) is 0 Å². The van der Waals surface area contributed by atoms with Gasteiger partial charge in [-0.25, -0.2) is 4.98 Å². The molecule has 0 aliphatic rings. The zero-order valence-electron chi connectivity index (χ0n) is 15.4. The number of unbranched alkanes of at least 4 members (excludes halogenated alkanes) is 7. The molecule has 0 aromatic carbocycles. The van der Waals surface area contributed by atoms with Crippen molar-refractivity contribution in [2.75, 3.05) is 0 Å². The van der Waals surface area contributed by atoms with Gasteiger partial charge in [0.2, 0.25) is 5.78 Å². The molecule has 4 nitrogen and oxygen atoms in total. The fourth-order valence-corrected chi connectivity index (χ4v) is 3.45. The zero-order valence-corrected chi connectivity index (χ0v) is 15.4. The first kappa shape index (κ1) is 18.8. The van der Waals surface area contributed by atoms with Crippen LogP contribution in [0.4, 0.5) is 0 Å². The van der Waals surface area contributed by atoms with Crippen LogP contribution in [0, 0.1) is 0 Å². The molecule has 2 rings (SSSR count). The number of aromatic nitrogens is 3. The molecule has 0 radical (unpaired) electrons. The van der Waals surface area contributed by atoms with Crippen molar-refractivity contribution in [3.8, 4) is 0 Å². The topological polar surface area (TPSA) is 39.3 Å². The summed E-state index contributed by atoms with van der Waals surface area (Å²) in [4.78, 5) is 16.4. The van der Waals surface area contributed by atoms with Crippen molar-refractivity contribution in [2.45, 2.75) is 90.5 Å². The summed E-state index contributed by atoms with van der Waals surface area (Å²) in [5.41, 5.74) is 0.00595. The third kappa shape index (κ3) is 5.22. The maximum absolute atomic E-state index is 12.0. The standard InChI is InChI=1S/C20H33N3O/c1-3-5-7-9-11-13-18(12-10-8-6-4-2)22-16-14-19(24)23-17-15-21-20(22)23/h14-18H,3-13H2,1-2H3. The highest BCUT2D eigenvalue weighted by Crippen LogP contribution is 2.24. The quantitative estimate of drug-likeness (QED) is 0.491. The minimum Gasteiger partial charge on any atom is -0.315 e. The van der Waals surface area contributed by atoms with Gasteiger partial charge in [-0.1, -0.05) is 71.6 Å². The Kier molecular flexibility index (Phi) is 8.06. The van der Waals surface area contributed by atoms with Gasteiger partial charge < -0.3 is 4.57 Å². The van der Waals surface area contributed by atoms with Crippen LogP contribution in [0.5, 0.6) is 0 Å². The van der Waals surface area contributed by atoms with Crippen molar-refractivity contribution in [1.29, 1.82) is 0 Å². The second-order valence-electron chi connectivity index (χ2n) is 6.86. The SMILES string of the molecule is CCCCCCCC(CCCCCC)n1ccc(=O)n2ccnc12. The second-order valence-corrected chi connectivity index (χ2v) is 6.86. The summed E-state index contributed by atoms with van der Waals surface area (Å²) in [5.74, 6) is 0.788. The van der Waals surface area contributed by atoms with Gasteiger partial charge in [-0.2, -0.15) is 0 Å². The average molecular weight is 332 g/mol. The van der Waals surface area contributed by atoms with E-state index in [1.807, 2.05) is 6.20 Å². The van der Waals surface area contributed by atoms with Crippen LogP contribution < -0.4 is 5.56 Å². The van der Waals surface area contributed by atoms with E-state index in [2.05, 4.69) is 23.4 Å². The molecule has 0 fully saturated rings. The number of fused-ring (bicyclic) bond motifs is 1. The zero-order chi connectivity index (χ0) is 17.2. The Balaban J connectivity index is 2.06. The molecule has 0 aliphatic carbocycles. The number of hydrogen-bond acceptors (Lipinski definition) is 2. The van der Waals surface area contributed by atoms with Gasteiger partial charge in [0.05, 0.1) is 0 Å².